The van der Waals surface area contributed by atoms with Crippen LogP contribution in [0.5, 0.6) is 0 Å². The zero-order chi connectivity index (χ0) is 8.97. The van der Waals surface area contributed by atoms with Gasteiger partial charge in [-0.05, 0) is 19.4 Å². The second kappa shape index (κ2) is 4.61. The molecular weight excluding hydrogens is 150 g/mol. The quantitative estimate of drug-likeness (QED) is 0.682. The zero-order valence-electron chi connectivity index (χ0n) is 8.10. The van der Waals surface area contributed by atoms with Crippen LogP contribution in [0.3, 0.4) is 0 Å². The average molecular weight is 169 g/mol. The van der Waals surface area contributed by atoms with E-state index in [0.717, 1.165) is 13.0 Å². The maximum atomic E-state index is 11.6. The molecule has 0 aromatic rings. The van der Waals surface area contributed by atoms with Gasteiger partial charge in [0.2, 0.25) is 0 Å². The van der Waals surface area contributed by atoms with Crippen LogP contribution in [-0.2, 0) is 4.79 Å². The number of rotatable bonds is 2. The van der Waals surface area contributed by atoms with E-state index in [1.54, 1.807) is 0 Å². The van der Waals surface area contributed by atoms with Crippen LogP contribution in [0.25, 0.3) is 0 Å². The molecule has 0 radical (unpaired) electrons. The van der Waals surface area contributed by atoms with Crippen molar-refractivity contribution >= 4 is 5.78 Å². The van der Waals surface area contributed by atoms with Crippen molar-refractivity contribution in [1.29, 1.82) is 0 Å². The van der Waals surface area contributed by atoms with Crippen molar-refractivity contribution in [2.75, 3.05) is 6.54 Å². The summed E-state index contributed by atoms with van der Waals surface area (Å²) in [5.41, 5.74) is 0. The highest BCUT2D eigenvalue weighted by Gasteiger charge is 2.21. The fraction of sp³-hybridized carbons (Fsp3) is 0.900. The number of hydrogen-bond acceptors (Lipinski definition) is 2. The maximum absolute atomic E-state index is 11.6. The van der Waals surface area contributed by atoms with Gasteiger partial charge in [-0.1, -0.05) is 26.7 Å². The maximum Gasteiger partial charge on any atom is 0.152 e. The van der Waals surface area contributed by atoms with Crippen LogP contribution in [0.2, 0.25) is 0 Å². The summed E-state index contributed by atoms with van der Waals surface area (Å²) in [6, 6.07) is 0.146. The highest BCUT2D eigenvalue weighted by molar-refractivity contribution is 5.85. The molecule has 70 valence electrons. The predicted molar refractivity (Wildman–Crippen MR) is 50.1 cm³/mol. The molecule has 1 N–H and O–H groups in total. The minimum atomic E-state index is 0.146. The van der Waals surface area contributed by atoms with Gasteiger partial charge in [-0.15, -0.1) is 0 Å². The summed E-state index contributed by atoms with van der Waals surface area (Å²) in [7, 11) is 0. The Morgan fingerprint density at radius 2 is 2.08 bits per heavy atom. The van der Waals surface area contributed by atoms with Gasteiger partial charge in [0.25, 0.3) is 0 Å². The van der Waals surface area contributed by atoms with E-state index in [4.69, 9.17) is 0 Å². The number of carbonyl (C=O) groups is 1. The van der Waals surface area contributed by atoms with Crippen LogP contribution in [0.1, 0.15) is 39.5 Å². The molecule has 1 heterocycles. The Labute approximate surface area is 74.7 Å². The summed E-state index contributed by atoms with van der Waals surface area (Å²) in [5.74, 6) is 0.567. The van der Waals surface area contributed by atoms with Gasteiger partial charge in [0, 0.05) is 5.92 Å². The van der Waals surface area contributed by atoms with Crippen molar-refractivity contribution in [2.45, 2.75) is 45.6 Å². The van der Waals surface area contributed by atoms with Crippen molar-refractivity contribution in [3.05, 3.63) is 0 Å². The first-order valence-electron chi connectivity index (χ1n) is 4.99. The lowest BCUT2D eigenvalue weighted by molar-refractivity contribution is -0.124. The molecule has 0 aromatic carbocycles. The first-order valence-corrected chi connectivity index (χ1v) is 4.99. The van der Waals surface area contributed by atoms with Crippen LogP contribution in [0, 0.1) is 5.92 Å². The Morgan fingerprint density at radius 3 is 2.75 bits per heavy atom. The second-order valence-corrected chi connectivity index (χ2v) is 3.91. The topological polar surface area (TPSA) is 29.1 Å². The van der Waals surface area contributed by atoms with Gasteiger partial charge in [-0.25, -0.2) is 0 Å². The van der Waals surface area contributed by atoms with E-state index in [9.17, 15) is 4.79 Å². The molecule has 1 rings (SSSR count). The molecule has 1 unspecified atom stereocenters. The van der Waals surface area contributed by atoms with Gasteiger partial charge in [-0.3, -0.25) is 4.79 Å². The van der Waals surface area contributed by atoms with Gasteiger partial charge in [0.05, 0.1) is 6.04 Å². The van der Waals surface area contributed by atoms with E-state index in [0.29, 0.717) is 5.78 Å². The van der Waals surface area contributed by atoms with E-state index in [2.05, 4.69) is 5.32 Å². The molecule has 0 aromatic heterocycles. The van der Waals surface area contributed by atoms with Crippen molar-refractivity contribution in [3.8, 4) is 0 Å². The molecular formula is C10H19NO. The van der Waals surface area contributed by atoms with E-state index < -0.39 is 0 Å². The Morgan fingerprint density at radius 1 is 1.33 bits per heavy atom. The lowest BCUT2D eigenvalue weighted by atomic mass is 9.98. The van der Waals surface area contributed by atoms with Gasteiger partial charge >= 0.3 is 0 Å². The molecule has 2 heteroatoms. The van der Waals surface area contributed by atoms with E-state index >= 15 is 0 Å². The van der Waals surface area contributed by atoms with Crippen molar-refractivity contribution in [3.63, 3.8) is 0 Å². The fourth-order valence-corrected chi connectivity index (χ4v) is 1.67. The van der Waals surface area contributed by atoms with Crippen LogP contribution in [0.4, 0.5) is 0 Å². The van der Waals surface area contributed by atoms with Crippen LogP contribution in [0.15, 0.2) is 0 Å². The summed E-state index contributed by atoms with van der Waals surface area (Å²) < 4.78 is 0. The van der Waals surface area contributed by atoms with Gasteiger partial charge < -0.3 is 5.32 Å². The standard InChI is InChI=1S/C10H19NO/c1-8(2)10(12)9-6-4-3-5-7-11-9/h8-9,11H,3-7H2,1-2H3. The van der Waals surface area contributed by atoms with Crippen LogP contribution in [-0.4, -0.2) is 18.4 Å². The molecule has 1 atom stereocenters. The minimum Gasteiger partial charge on any atom is -0.307 e. The van der Waals surface area contributed by atoms with Gasteiger partial charge in [0.15, 0.2) is 5.78 Å². The zero-order valence-corrected chi connectivity index (χ0v) is 8.10. The van der Waals surface area contributed by atoms with Crippen molar-refractivity contribution < 1.29 is 4.79 Å². The molecule has 0 amide bonds. The fourth-order valence-electron chi connectivity index (χ4n) is 1.67. The number of nitrogens with one attached hydrogen (secondary N) is 1. The molecule has 1 aliphatic heterocycles. The number of carbonyl (C=O) groups excluding carboxylic acids is 1. The lowest BCUT2D eigenvalue weighted by Gasteiger charge is -2.16. The molecule has 1 fully saturated rings. The van der Waals surface area contributed by atoms with Crippen molar-refractivity contribution in [2.24, 2.45) is 5.92 Å². The second-order valence-electron chi connectivity index (χ2n) is 3.91. The summed E-state index contributed by atoms with van der Waals surface area (Å²) in [5, 5.41) is 3.31. The third kappa shape index (κ3) is 2.59. The lowest BCUT2D eigenvalue weighted by Crippen LogP contribution is -2.38. The number of ketones is 1. The van der Waals surface area contributed by atoms with E-state index in [-0.39, 0.29) is 12.0 Å². The predicted octanol–water partition coefficient (Wildman–Crippen LogP) is 1.74. The summed E-state index contributed by atoms with van der Waals surface area (Å²) in [6.45, 7) is 4.98. The molecule has 12 heavy (non-hydrogen) atoms. The highest BCUT2D eigenvalue weighted by Crippen LogP contribution is 2.12. The molecule has 0 aliphatic carbocycles. The van der Waals surface area contributed by atoms with E-state index in [1.807, 2.05) is 13.8 Å². The summed E-state index contributed by atoms with van der Waals surface area (Å²) >= 11 is 0. The Bertz CT molecular complexity index is 146. The largest absolute Gasteiger partial charge is 0.307 e. The summed E-state index contributed by atoms with van der Waals surface area (Å²) in [4.78, 5) is 11.6. The number of Topliss-reactive ketones (excluding diaryl/α,β-unsaturated/α-hetero) is 1. The summed E-state index contributed by atoms with van der Waals surface area (Å²) in [6.07, 6.45) is 4.74. The van der Waals surface area contributed by atoms with Crippen LogP contribution >= 0.6 is 0 Å². The van der Waals surface area contributed by atoms with Crippen molar-refractivity contribution in [1.82, 2.24) is 5.32 Å². The first kappa shape index (κ1) is 9.72. The molecule has 1 saturated heterocycles. The smallest absolute Gasteiger partial charge is 0.152 e. The monoisotopic (exact) mass is 169 g/mol. The van der Waals surface area contributed by atoms with Gasteiger partial charge in [-0.2, -0.15) is 0 Å². The highest BCUT2D eigenvalue weighted by atomic mass is 16.1. The normalized spacial score (nSPS) is 25.4. The average Bonchev–Trinajstić information content (AvgIpc) is 2.30. The Hall–Kier alpha value is -0.370. The third-order valence-corrected chi connectivity index (χ3v) is 2.47. The molecule has 1 aliphatic rings. The van der Waals surface area contributed by atoms with Crippen LogP contribution < -0.4 is 5.32 Å². The van der Waals surface area contributed by atoms with Gasteiger partial charge in [0.1, 0.15) is 0 Å². The molecule has 0 bridgehead atoms. The SMILES string of the molecule is CC(C)C(=O)C1CCCCCN1. The first-order chi connectivity index (χ1) is 5.72. The van der Waals surface area contributed by atoms with E-state index in [1.165, 1.54) is 19.3 Å². The third-order valence-electron chi connectivity index (χ3n) is 2.47. The Kier molecular flexibility index (Phi) is 3.73. The molecule has 0 spiro atoms. The minimum absolute atomic E-state index is 0.146. The molecule has 2 nitrogen and oxygen atoms in total. The number of hydrogen-bond donors (Lipinski definition) is 1. The Balaban J connectivity index is 2.43. The molecule has 0 saturated carbocycles.